The lowest BCUT2D eigenvalue weighted by atomic mass is 10.1. The molecule has 136 valence electrons. The summed E-state index contributed by atoms with van der Waals surface area (Å²) in [5.41, 5.74) is 3.92. The predicted octanol–water partition coefficient (Wildman–Crippen LogP) is 7.57. The quantitative estimate of drug-likeness (QED) is 0.271. The third kappa shape index (κ3) is 4.45. The van der Waals surface area contributed by atoms with Crippen molar-refractivity contribution in [2.45, 2.75) is 0 Å². The molecule has 6 aromatic rings. The zero-order valence-corrected chi connectivity index (χ0v) is 16.0. The lowest BCUT2D eigenvalue weighted by Crippen LogP contribution is -1.67. The second-order valence-corrected chi connectivity index (χ2v) is 7.01. The van der Waals surface area contributed by atoms with Gasteiger partial charge in [0.15, 0.2) is 0 Å². The van der Waals surface area contributed by atoms with E-state index in [1.165, 1.54) is 15.5 Å². The zero-order valence-electron chi connectivity index (χ0n) is 15.2. The highest BCUT2D eigenvalue weighted by atomic mass is 32.1. The molecule has 0 amide bonds. The van der Waals surface area contributed by atoms with E-state index in [0.29, 0.717) is 0 Å². The van der Waals surface area contributed by atoms with Gasteiger partial charge in [-0.05, 0) is 35.0 Å². The average molecular weight is 382 g/mol. The van der Waals surface area contributed by atoms with Gasteiger partial charge in [-0.3, -0.25) is 0 Å². The number of nitrogens with zero attached hydrogens (tertiary/aromatic N) is 1. The van der Waals surface area contributed by atoms with Gasteiger partial charge in [0.25, 0.3) is 0 Å². The highest BCUT2D eigenvalue weighted by Crippen LogP contribution is 2.15. The van der Waals surface area contributed by atoms with Crippen LogP contribution in [0.25, 0.3) is 32.0 Å². The van der Waals surface area contributed by atoms with Crippen LogP contribution in [0.4, 0.5) is 0 Å². The van der Waals surface area contributed by atoms with Gasteiger partial charge in [0.05, 0.1) is 22.0 Å². The summed E-state index contributed by atoms with van der Waals surface area (Å²) in [7, 11) is 0. The van der Waals surface area contributed by atoms with E-state index < -0.39 is 0 Å². The summed E-state index contributed by atoms with van der Waals surface area (Å²) in [5.74, 6) is 0. The Kier molecular flexibility index (Phi) is 5.76. The van der Waals surface area contributed by atoms with Crippen LogP contribution in [-0.4, -0.2) is 4.98 Å². The molecule has 0 atom stereocenters. The molecule has 0 spiro atoms. The highest BCUT2D eigenvalue weighted by molar-refractivity contribution is 7.16. The summed E-state index contributed by atoms with van der Waals surface area (Å²) in [6.45, 7) is 0. The van der Waals surface area contributed by atoms with Crippen molar-refractivity contribution in [1.82, 2.24) is 4.98 Å². The zero-order chi connectivity index (χ0) is 19.0. The minimum Gasteiger partial charge on any atom is -0.464 e. The summed E-state index contributed by atoms with van der Waals surface area (Å²) in [5, 5.41) is 3.78. The third-order valence-corrected chi connectivity index (χ3v) is 5.07. The van der Waals surface area contributed by atoms with E-state index in [-0.39, 0.29) is 0 Å². The first-order chi connectivity index (χ1) is 13.9. The standard InChI is InChI=1S/C10H8.C8H6O.C7H5NS/c1-2-6-10-8-4-3-7-9(10)5-1;1-2-4-8-7(3-1)5-6-9-8;1-2-4-7-6(3-1)8-5-9-7/h1-8H;1-6H;1-5H. The smallest absolute Gasteiger partial charge is 0.133 e. The molecule has 2 nitrogen and oxygen atoms in total. The molecule has 0 radical (unpaired) electrons. The molecule has 3 heteroatoms. The SMILES string of the molecule is c1ccc2ccccc2c1.c1ccc2occc2c1.c1ccc2scnc2c1. The number of hydrogen-bond donors (Lipinski definition) is 0. The highest BCUT2D eigenvalue weighted by Gasteiger charge is 1.90. The van der Waals surface area contributed by atoms with Gasteiger partial charge in [-0.15, -0.1) is 11.3 Å². The fourth-order valence-electron chi connectivity index (χ4n) is 2.84. The van der Waals surface area contributed by atoms with Gasteiger partial charge in [-0.1, -0.05) is 78.9 Å². The monoisotopic (exact) mass is 381 g/mol. The molecule has 0 aliphatic rings. The lowest BCUT2D eigenvalue weighted by molar-refractivity contribution is 0.616. The number of para-hydroxylation sites is 2. The Balaban J connectivity index is 0.000000103. The van der Waals surface area contributed by atoms with Gasteiger partial charge >= 0.3 is 0 Å². The van der Waals surface area contributed by atoms with E-state index in [1.807, 2.05) is 54.0 Å². The van der Waals surface area contributed by atoms with Gasteiger partial charge < -0.3 is 4.42 Å². The molecule has 0 fully saturated rings. The lowest BCUT2D eigenvalue weighted by Gasteiger charge is -1.92. The van der Waals surface area contributed by atoms with Crippen molar-refractivity contribution in [1.29, 1.82) is 0 Å². The van der Waals surface area contributed by atoms with Gasteiger partial charge in [-0.25, -0.2) is 4.98 Å². The van der Waals surface area contributed by atoms with Gasteiger partial charge in [-0.2, -0.15) is 0 Å². The molecular formula is C25H19NOS. The first-order valence-electron chi connectivity index (χ1n) is 9.04. The second-order valence-electron chi connectivity index (χ2n) is 6.13. The molecule has 6 rings (SSSR count). The molecule has 0 aliphatic carbocycles. The topological polar surface area (TPSA) is 26.0 Å². The Morgan fingerprint density at radius 1 is 0.571 bits per heavy atom. The first-order valence-corrected chi connectivity index (χ1v) is 9.92. The largest absolute Gasteiger partial charge is 0.464 e. The van der Waals surface area contributed by atoms with E-state index >= 15 is 0 Å². The molecule has 4 aromatic carbocycles. The fourth-order valence-corrected chi connectivity index (χ4v) is 3.52. The average Bonchev–Trinajstić information content (AvgIpc) is 3.44. The van der Waals surface area contributed by atoms with Crippen LogP contribution in [0.3, 0.4) is 0 Å². The van der Waals surface area contributed by atoms with Crippen molar-refractivity contribution in [3.05, 3.63) is 115 Å². The van der Waals surface area contributed by atoms with Crippen molar-refractivity contribution in [2.75, 3.05) is 0 Å². The van der Waals surface area contributed by atoms with Crippen LogP contribution in [0, 0.1) is 0 Å². The normalized spacial score (nSPS) is 10.1. The molecule has 0 aliphatic heterocycles. The molecule has 2 heterocycles. The maximum Gasteiger partial charge on any atom is 0.133 e. The number of benzene rings is 4. The van der Waals surface area contributed by atoms with Gasteiger partial charge in [0, 0.05) is 5.39 Å². The molecule has 0 saturated carbocycles. The summed E-state index contributed by atoms with van der Waals surface area (Å²) < 4.78 is 6.38. The summed E-state index contributed by atoms with van der Waals surface area (Å²) in [4.78, 5) is 4.14. The van der Waals surface area contributed by atoms with E-state index in [9.17, 15) is 0 Å². The fraction of sp³-hybridized carbons (Fsp3) is 0. The minimum absolute atomic E-state index is 0.956. The Hall–Kier alpha value is -3.43. The predicted molar refractivity (Wildman–Crippen MR) is 120 cm³/mol. The van der Waals surface area contributed by atoms with Gasteiger partial charge in [0.2, 0.25) is 0 Å². The van der Waals surface area contributed by atoms with E-state index in [0.717, 1.165) is 16.5 Å². The Bertz CT molecular complexity index is 1090. The van der Waals surface area contributed by atoms with Crippen LogP contribution < -0.4 is 0 Å². The summed E-state index contributed by atoms with van der Waals surface area (Å²) in [6, 6.07) is 34.7. The van der Waals surface area contributed by atoms with Crippen LogP contribution in [0.2, 0.25) is 0 Å². The van der Waals surface area contributed by atoms with E-state index in [1.54, 1.807) is 17.6 Å². The summed E-state index contributed by atoms with van der Waals surface area (Å²) in [6.07, 6.45) is 1.70. The van der Waals surface area contributed by atoms with Crippen LogP contribution in [-0.2, 0) is 0 Å². The molecular weight excluding hydrogens is 362 g/mol. The Morgan fingerprint density at radius 3 is 1.79 bits per heavy atom. The van der Waals surface area contributed by atoms with Crippen molar-refractivity contribution in [2.24, 2.45) is 0 Å². The number of hydrogen-bond acceptors (Lipinski definition) is 3. The second kappa shape index (κ2) is 8.98. The molecule has 28 heavy (non-hydrogen) atoms. The molecule has 2 aromatic heterocycles. The van der Waals surface area contributed by atoms with Crippen molar-refractivity contribution in [3.8, 4) is 0 Å². The van der Waals surface area contributed by atoms with E-state index in [4.69, 9.17) is 4.42 Å². The molecule has 0 unspecified atom stereocenters. The maximum absolute atomic E-state index is 5.12. The Labute approximate surface area is 167 Å². The van der Waals surface area contributed by atoms with Gasteiger partial charge in [0.1, 0.15) is 5.58 Å². The van der Waals surface area contributed by atoms with Crippen LogP contribution in [0.1, 0.15) is 0 Å². The molecule has 0 saturated heterocycles. The summed E-state index contributed by atoms with van der Waals surface area (Å²) >= 11 is 1.68. The third-order valence-electron chi connectivity index (χ3n) is 4.26. The van der Waals surface area contributed by atoms with Crippen molar-refractivity contribution >= 4 is 43.3 Å². The number of rotatable bonds is 0. The molecule has 0 N–H and O–H groups in total. The molecule has 0 bridgehead atoms. The van der Waals surface area contributed by atoms with Crippen LogP contribution in [0.5, 0.6) is 0 Å². The first kappa shape index (κ1) is 18.0. The van der Waals surface area contributed by atoms with E-state index in [2.05, 4.69) is 59.6 Å². The number of fused-ring (bicyclic) bond motifs is 3. The number of aromatic nitrogens is 1. The van der Waals surface area contributed by atoms with Crippen LogP contribution in [0.15, 0.2) is 119 Å². The minimum atomic E-state index is 0.956. The van der Waals surface area contributed by atoms with Crippen molar-refractivity contribution < 1.29 is 4.42 Å². The number of thiazole rings is 1. The Morgan fingerprint density at radius 2 is 1.14 bits per heavy atom. The maximum atomic E-state index is 5.12. The van der Waals surface area contributed by atoms with Crippen LogP contribution >= 0.6 is 11.3 Å². The van der Waals surface area contributed by atoms with Crippen molar-refractivity contribution in [3.63, 3.8) is 0 Å². The number of furan rings is 1.